The highest BCUT2D eigenvalue weighted by molar-refractivity contribution is 5.89. The first-order valence-electron chi connectivity index (χ1n) is 6.10. The number of aliphatic hydroxyl groups is 1. The molecule has 0 unspecified atom stereocenters. The number of nitrogens with zero attached hydrogens (tertiary/aromatic N) is 1. The van der Waals surface area contributed by atoms with Crippen LogP contribution in [0, 0.1) is 13.8 Å². The van der Waals surface area contributed by atoms with E-state index in [0.717, 1.165) is 37.1 Å². The van der Waals surface area contributed by atoms with Crippen LogP contribution < -0.4 is 0 Å². The third kappa shape index (κ3) is 2.22. The van der Waals surface area contributed by atoms with Crippen molar-refractivity contribution in [2.24, 2.45) is 0 Å². The summed E-state index contributed by atoms with van der Waals surface area (Å²) in [7, 11) is 0. The third-order valence-electron chi connectivity index (χ3n) is 3.75. The van der Waals surface area contributed by atoms with Gasteiger partial charge in [0.1, 0.15) is 0 Å². The molecule has 1 heterocycles. The second-order valence-corrected chi connectivity index (χ2v) is 4.92. The maximum absolute atomic E-state index is 11.1. The van der Waals surface area contributed by atoms with E-state index in [1.807, 2.05) is 13.8 Å². The van der Waals surface area contributed by atoms with Crippen molar-refractivity contribution in [3.63, 3.8) is 0 Å². The van der Waals surface area contributed by atoms with Gasteiger partial charge in [-0.05, 0) is 45.6 Å². The van der Waals surface area contributed by atoms with Gasteiger partial charge in [0.05, 0.1) is 11.7 Å². The lowest BCUT2D eigenvalue weighted by molar-refractivity contribution is 0.0695. The Morgan fingerprint density at radius 2 is 1.88 bits per heavy atom. The van der Waals surface area contributed by atoms with E-state index in [2.05, 4.69) is 4.57 Å². The predicted octanol–water partition coefficient (Wildman–Crippen LogP) is 2.28. The highest BCUT2D eigenvalue weighted by Crippen LogP contribution is 2.32. The van der Waals surface area contributed by atoms with Gasteiger partial charge in [-0.15, -0.1) is 0 Å². The number of aromatic carboxylic acids is 1. The Balaban J connectivity index is 2.29. The number of aryl methyl sites for hydroxylation is 1. The largest absolute Gasteiger partial charge is 0.478 e. The van der Waals surface area contributed by atoms with E-state index in [4.69, 9.17) is 5.11 Å². The standard InChI is InChI=1S/C13H19NO3/c1-8-7-12(13(16)17)9(2)14(8)10-3-5-11(15)6-4-10/h7,10-11,15H,3-6H2,1-2H3,(H,16,17). The van der Waals surface area contributed by atoms with E-state index < -0.39 is 5.97 Å². The molecule has 1 fully saturated rings. The van der Waals surface area contributed by atoms with Crippen LogP contribution in [-0.2, 0) is 0 Å². The molecule has 0 saturated heterocycles. The molecule has 4 nitrogen and oxygen atoms in total. The van der Waals surface area contributed by atoms with E-state index in [9.17, 15) is 9.90 Å². The average Bonchev–Trinajstić information content (AvgIpc) is 2.56. The minimum absolute atomic E-state index is 0.179. The topological polar surface area (TPSA) is 62.5 Å². The zero-order valence-corrected chi connectivity index (χ0v) is 10.3. The van der Waals surface area contributed by atoms with Crippen LogP contribution in [0.5, 0.6) is 0 Å². The van der Waals surface area contributed by atoms with Gasteiger partial charge in [-0.2, -0.15) is 0 Å². The van der Waals surface area contributed by atoms with Crippen molar-refractivity contribution in [3.05, 3.63) is 23.0 Å². The lowest BCUT2D eigenvalue weighted by atomic mass is 9.92. The molecule has 0 aromatic carbocycles. The van der Waals surface area contributed by atoms with Gasteiger partial charge in [0, 0.05) is 17.4 Å². The fraction of sp³-hybridized carbons (Fsp3) is 0.615. The molecule has 1 aliphatic rings. The molecule has 1 saturated carbocycles. The number of carboxylic acids is 1. The Bertz CT molecular complexity index is 428. The van der Waals surface area contributed by atoms with Crippen LogP contribution >= 0.6 is 0 Å². The van der Waals surface area contributed by atoms with E-state index in [1.165, 1.54) is 0 Å². The van der Waals surface area contributed by atoms with Gasteiger partial charge in [-0.1, -0.05) is 0 Å². The molecule has 2 N–H and O–H groups in total. The number of aromatic nitrogens is 1. The Hall–Kier alpha value is -1.29. The van der Waals surface area contributed by atoms with Gasteiger partial charge in [-0.25, -0.2) is 4.79 Å². The molecular formula is C13H19NO3. The maximum Gasteiger partial charge on any atom is 0.337 e. The molecule has 0 radical (unpaired) electrons. The van der Waals surface area contributed by atoms with Gasteiger partial charge >= 0.3 is 5.97 Å². The normalized spacial score (nSPS) is 24.9. The Kier molecular flexibility index (Phi) is 3.24. The van der Waals surface area contributed by atoms with Crippen LogP contribution in [0.25, 0.3) is 0 Å². The van der Waals surface area contributed by atoms with E-state index in [-0.39, 0.29) is 6.10 Å². The predicted molar refractivity (Wildman–Crippen MR) is 64.4 cm³/mol. The summed E-state index contributed by atoms with van der Waals surface area (Å²) in [5.74, 6) is -0.861. The fourth-order valence-electron chi connectivity index (χ4n) is 2.87. The SMILES string of the molecule is Cc1cc(C(=O)O)c(C)n1C1CCC(O)CC1. The minimum Gasteiger partial charge on any atom is -0.478 e. The number of carboxylic acid groups (broad SMARTS) is 1. The molecule has 4 heteroatoms. The molecule has 94 valence electrons. The molecule has 0 amide bonds. The van der Waals surface area contributed by atoms with Gasteiger partial charge in [-0.3, -0.25) is 0 Å². The summed E-state index contributed by atoms with van der Waals surface area (Å²) in [5, 5.41) is 18.6. The van der Waals surface area contributed by atoms with Gasteiger partial charge < -0.3 is 14.8 Å². The molecule has 0 spiro atoms. The molecule has 1 aliphatic carbocycles. The lowest BCUT2D eigenvalue weighted by Crippen LogP contribution is -2.22. The van der Waals surface area contributed by atoms with E-state index in [0.29, 0.717) is 11.6 Å². The van der Waals surface area contributed by atoms with Crippen molar-refractivity contribution in [3.8, 4) is 0 Å². The van der Waals surface area contributed by atoms with E-state index >= 15 is 0 Å². The maximum atomic E-state index is 11.1. The zero-order chi connectivity index (χ0) is 12.6. The Labute approximate surface area is 101 Å². The summed E-state index contributed by atoms with van der Waals surface area (Å²) in [6.45, 7) is 3.81. The Morgan fingerprint density at radius 3 is 2.35 bits per heavy atom. The van der Waals surface area contributed by atoms with Crippen molar-refractivity contribution in [2.45, 2.75) is 51.7 Å². The van der Waals surface area contributed by atoms with Crippen LogP contribution in [0.3, 0.4) is 0 Å². The number of rotatable bonds is 2. The summed E-state index contributed by atoms with van der Waals surface area (Å²) in [5.41, 5.74) is 2.23. The average molecular weight is 237 g/mol. The second kappa shape index (κ2) is 4.53. The minimum atomic E-state index is -0.861. The monoisotopic (exact) mass is 237 g/mol. The summed E-state index contributed by atoms with van der Waals surface area (Å²) < 4.78 is 2.12. The van der Waals surface area contributed by atoms with Crippen molar-refractivity contribution >= 4 is 5.97 Å². The summed E-state index contributed by atoms with van der Waals surface area (Å²) in [6, 6.07) is 2.08. The Morgan fingerprint density at radius 1 is 1.29 bits per heavy atom. The van der Waals surface area contributed by atoms with Crippen LogP contribution in [0.2, 0.25) is 0 Å². The highest BCUT2D eigenvalue weighted by atomic mass is 16.4. The zero-order valence-electron chi connectivity index (χ0n) is 10.3. The van der Waals surface area contributed by atoms with Crippen LogP contribution in [0.1, 0.15) is 53.5 Å². The molecule has 1 aromatic heterocycles. The number of aliphatic hydroxyl groups excluding tert-OH is 1. The number of carbonyl (C=O) groups is 1. The quantitative estimate of drug-likeness (QED) is 0.829. The molecule has 0 atom stereocenters. The molecule has 0 aliphatic heterocycles. The van der Waals surface area contributed by atoms with Gasteiger partial charge in [0.25, 0.3) is 0 Å². The first-order chi connectivity index (χ1) is 8.00. The van der Waals surface area contributed by atoms with E-state index in [1.54, 1.807) is 6.07 Å². The van der Waals surface area contributed by atoms with Crippen molar-refractivity contribution in [1.29, 1.82) is 0 Å². The third-order valence-corrected chi connectivity index (χ3v) is 3.75. The first kappa shape index (κ1) is 12.2. The van der Waals surface area contributed by atoms with Gasteiger partial charge in [0.15, 0.2) is 0 Å². The molecule has 0 bridgehead atoms. The van der Waals surface area contributed by atoms with Gasteiger partial charge in [0.2, 0.25) is 0 Å². The first-order valence-corrected chi connectivity index (χ1v) is 6.10. The summed E-state index contributed by atoms with van der Waals surface area (Å²) in [4.78, 5) is 11.1. The fourth-order valence-corrected chi connectivity index (χ4v) is 2.87. The molecule has 1 aromatic rings. The van der Waals surface area contributed by atoms with Crippen LogP contribution in [0.4, 0.5) is 0 Å². The smallest absolute Gasteiger partial charge is 0.337 e. The lowest BCUT2D eigenvalue weighted by Gasteiger charge is -2.29. The van der Waals surface area contributed by atoms with Crippen LogP contribution in [0.15, 0.2) is 6.07 Å². The van der Waals surface area contributed by atoms with Crippen molar-refractivity contribution in [1.82, 2.24) is 4.57 Å². The summed E-state index contributed by atoms with van der Waals surface area (Å²) >= 11 is 0. The second-order valence-electron chi connectivity index (χ2n) is 4.92. The molecule has 2 rings (SSSR count). The van der Waals surface area contributed by atoms with Crippen LogP contribution in [-0.4, -0.2) is 26.9 Å². The molecule has 17 heavy (non-hydrogen) atoms. The van der Waals surface area contributed by atoms with Crippen molar-refractivity contribution < 1.29 is 15.0 Å². The van der Waals surface area contributed by atoms with Crippen molar-refractivity contribution in [2.75, 3.05) is 0 Å². The highest BCUT2D eigenvalue weighted by Gasteiger charge is 2.24. The number of hydrogen-bond acceptors (Lipinski definition) is 2. The summed E-state index contributed by atoms with van der Waals surface area (Å²) in [6.07, 6.45) is 3.29. The molecular weight excluding hydrogens is 218 g/mol. The number of hydrogen-bond donors (Lipinski definition) is 2.